The van der Waals surface area contributed by atoms with Crippen LogP contribution < -0.4 is 5.73 Å². The summed E-state index contributed by atoms with van der Waals surface area (Å²) in [4.78, 5) is 22.3. The summed E-state index contributed by atoms with van der Waals surface area (Å²) >= 11 is 0. The molecule has 0 bridgehead atoms. The van der Waals surface area contributed by atoms with E-state index in [9.17, 15) is 9.59 Å². The number of nitrogens with two attached hydrogens (primary N) is 1. The summed E-state index contributed by atoms with van der Waals surface area (Å²) in [5, 5.41) is 0. The summed E-state index contributed by atoms with van der Waals surface area (Å²) in [7, 11) is 1.29. The summed E-state index contributed by atoms with van der Waals surface area (Å²) in [5.41, 5.74) is 5.79. The zero-order valence-electron chi connectivity index (χ0n) is 9.51. The van der Waals surface area contributed by atoms with E-state index in [1.54, 1.807) is 12.2 Å². The Bertz CT molecular complexity index is 428. The van der Waals surface area contributed by atoms with Crippen molar-refractivity contribution in [3.63, 3.8) is 0 Å². The minimum atomic E-state index is -1.45. The maximum absolute atomic E-state index is 11.2. The number of hydrogen-bond acceptors (Lipinski definition) is 5. The van der Waals surface area contributed by atoms with E-state index >= 15 is 0 Å². The zero-order valence-corrected chi connectivity index (χ0v) is 9.51. The molecular formula is C11H13NO5. The Kier molecular flexibility index (Phi) is 2.76. The number of ether oxygens (including phenoxy) is 3. The molecule has 92 valence electrons. The van der Waals surface area contributed by atoms with E-state index in [-0.39, 0.29) is 0 Å². The number of carbonyl (C=O) groups excluding carboxylic acids is 2. The molecule has 1 heterocycles. The number of hydrogen-bond donors (Lipinski definition) is 1. The van der Waals surface area contributed by atoms with Crippen LogP contribution in [-0.4, -0.2) is 37.0 Å². The third-order valence-electron chi connectivity index (χ3n) is 2.75. The number of methoxy groups -OCH3 is 1. The van der Waals surface area contributed by atoms with Gasteiger partial charge < -0.3 is 19.9 Å². The van der Waals surface area contributed by atoms with Gasteiger partial charge in [0.2, 0.25) is 5.79 Å². The first-order valence-corrected chi connectivity index (χ1v) is 5.09. The van der Waals surface area contributed by atoms with Crippen LogP contribution in [0.15, 0.2) is 23.8 Å². The van der Waals surface area contributed by atoms with Crippen molar-refractivity contribution in [2.24, 2.45) is 5.73 Å². The summed E-state index contributed by atoms with van der Waals surface area (Å²) in [6.45, 7) is 1.46. The average Bonchev–Trinajstić information content (AvgIpc) is 2.78. The smallest absolute Gasteiger partial charge is 0.330 e. The van der Waals surface area contributed by atoms with Crippen LogP contribution >= 0.6 is 0 Å². The lowest BCUT2D eigenvalue weighted by atomic mass is 10.1. The normalized spacial score (nSPS) is 37.2. The molecule has 0 radical (unpaired) electrons. The maximum Gasteiger partial charge on any atom is 0.330 e. The highest BCUT2D eigenvalue weighted by atomic mass is 16.8. The molecule has 1 aliphatic carbocycles. The summed E-state index contributed by atoms with van der Waals surface area (Å²) in [5.74, 6) is -2.63. The first kappa shape index (κ1) is 11.8. The number of amides is 1. The van der Waals surface area contributed by atoms with Gasteiger partial charge in [-0.25, -0.2) is 4.79 Å². The van der Waals surface area contributed by atoms with Crippen molar-refractivity contribution >= 4 is 11.9 Å². The molecule has 6 heteroatoms. The molecule has 2 rings (SSSR count). The van der Waals surface area contributed by atoms with Crippen molar-refractivity contribution in [3.05, 3.63) is 23.8 Å². The highest BCUT2D eigenvalue weighted by molar-refractivity contribution is 5.84. The van der Waals surface area contributed by atoms with Gasteiger partial charge in [-0.15, -0.1) is 0 Å². The topological polar surface area (TPSA) is 87.9 Å². The monoisotopic (exact) mass is 239 g/mol. The molecule has 17 heavy (non-hydrogen) atoms. The van der Waals surface area contributed by atoms with Crippen LogP contribution in [0.25, 0.3) is 0 Å². The summed E-state index contributed by atoms with van der Waals surface area (Å²) in [6.07, 6.45) is 3.83. The lowest BCUT2D eigenvalue weighted by Gasteiger charge is -2.19. The predicted octanol–water partition coefficient (Wildman–Crippen LogP) is -0.359. The minimum absolute atomic E-state index is 0.400. The fourth-order valence-corrected chi connectivity index (χ4v) is 1.80. The van der Waals surface area contributed by atoms with Gasteiger partial charge in [0.25, 0.3) is 5.91 Å². The van der Waals surface area contributed by atoms with Crippen LogP contribution in [0.1, 0.15) is 6.92 Å². The highest BCUT2D eigenvalue weighted by Gasteiger charge is 2.50. The van der Waals surface area contributed by atoms with Gasteiger partial charge in [0.1, 0.15) is 12.2 Å². The second-order valence-corrected chi connectivity index (χ2v) is 3.96. The molecule has 1 saturated heterocycles. The Labute approximate surface area is 98.0 Å². The van der Waals surface area contributed by atoms with Crippen molar-refractivity contribution in [1.82, 2.24) is 0 Å². The Morgan fingerprint density at radius 1 is 1.53 bits per heavy atom. The van der Waals surface area contributed by atoms with E-state index < -0.39 is 29.9 Å². The minimum Gasteiger partial charge on any atom is -0.466 e. The van der Waals surface area contributed by atoms with E-state index in [2.05, 4.69) is 4.74 Å². The fourth-order valence-electron chi connectivity index (χ4n) is 1.80. The fraction of sp³-hybridized carbons (Fsp3) is 0.455. The standard InChI is InChI=1S/C11H13NO5/c1-11(10(12)14)16-7-4-3-6(9(7)17-11)5-8(13)15-2/h3-5,7,9H,1-2H3,(H2,12,14)/b6-5+/t7-,9+,11+/m0/s1. The number of carbonyl (C=O) groups is 2. The van der Waals surface area contributed by atoms with Crippen LogP contribution in [0, 0.1) is 0 Å². The van der Waals surface area contributed by atoms with E-state index in [4.69, 9.17) is 15.2 Å². The van der Waals surface area contributed by atoms with E-state index in [1.165, 1.54) is 20.1 Å². The predicted molar refractivity (Wildman–Crippen MR) is 56.6 cm³/mol. The summed E-state index contributed by atoms with van der Waals surface area (Å²) < 4.78 is 15.4. The van der Waals surface area contributed by atoms with Crippen molar-refractivity contribution in [2.45, 2.75) is 24.9 Å². The number of rotatable bonds is 2. The van der Waals surface area contributed by atoms with Crippen LogP contribution in [0.5, 0.6) is 0 Å². The van der Waals surface area contributed by atoms with Gasteiger partial charge in [0.15, 0.2) is 0 Å². The molecule has 6 nitrogen and oxygen atoms in total. The molecule has 1 aliphatic heterocycles. The van der Waals surface area contributed by atoms with Gasteiger partial charge in [0, 0.05) is 6.08 Å². The van der Waals surface area contributed by atoms with Crippen molar-refractivity contribution in [3.8, 4) is 0 Å². The molecule has 0 unspecified atom stereocenters. The van der Waals surface area contributed by atoms with Crippen LogP contribution in [-0.2, 0) is 23.8 Å². The Hall–Kier alpha value is -1.66. The molecule has 0 saturated carbocycles. The van der Waals surface area contributed by atoms with Gasteiger partial charge in [-0.2, -0.15) is 0 Å². The largest absolute Gasteiger partial charge is 0.466 e. The molecule has 0 aromatic rings. The second kappa shape index (κ2) is 3.97. The average molecular weight is 239 g/mol. The second-order valence-electron chi connectivity index (χ2n) is 3.96. The summed E-state index contributed by atoms with van der Waals surface area (Å²) in [6, 6.07) is 0. The SMILES string of the molecule is COC(=O)/C=C1\C=C[C@@H]2O[C@@](C)(C(N)=O)O[C@H]12. The third-order valence-corrected chi connectivity index (χ3v) is 2.75. The van der Waals surface area contributed by atoms with Gasteiger partial charge in [-0.3, -0.25) is 4.79 Å². The number of fused-ring (bicyclic) bond motifs is 1. The van der Waals surface area contributed by atoms with Crippen molar-refractivity contribution in [2.75, 3.05) is 7.11 Å². The first-order valence-electron chi connectivity index (χ1n) is 5.09. The zero-order chi connectivity index (χ0) is 12.6. The molecule has 0 aromatic carbocycles. The number of primary amides is 1. The Balaban J connectivity index is 2.19. The molecule has 3 atom stereocenters. The van der Waals surface area contributed by atoms with E-state index in [0.717, 1.165) is 0 Å². The van der Waals surface area contributed by atoms with Crippen molar-refractivity contribution < 1.29 is 23.8 Å². The molecule has 1 amide bonds. The third kappa shape index (κ3) is 1.96. The Morgan fingerprint density at radius 2 is 2.24 bits per heavy atom. The van der Waals surface area contributed by atoms with Gasteiger partial charge in [-0.05, 0) is 12.5 Å². The maximum atomic E-state index is 11.2. The van der Waals surface area contributed by atoms with Gasteiger partial charge in [0.05, 0.1) is 7.11 Å². The van der Waals surface area contributed by atoms with Gasteiger partial charge in [-0.1, -0.05) is 12.2 Å². The van der Waals surface area contributed by atoms with Crippen molar-refractivity contribution in [1.29, 1.82) is 0 Å². The molecule has 0 spiro atoms. The lowest BCUT2D eigenvalue weighted by molar-refractivity contribution is -0.178. The lowest BCUT2D eigenvalue weighted by Crippen LogP contribution is -2.42. The van der Waals surface area contributed by atoms with Crippen LogP contribution in [0.2, 0.25) is 0 Å². The van der Waals surface area contributed by atoms with E-state index in [1.807, 2.05) is 0 Å². The van der Waals surface area contributed by atoms with E-state index in [0.29, 0.717) is 5.57 Å². The van der Waals surface area contributed by atoms with Crippen LogP contribution in [0.3, 0.4) is 0 Å². The first-order chi connectivity index (χ1) is 7.96. The quantitative estimate of drug-likeness (QED) is 0.525. The van der Waals surface area contributed by atoms with Gasteiger partial charge >= 0.3 is 5.97 Å². The number of esters is 1. The molecule has 1 fully saturated rings. The molecule has 2 aliphatic rings. The molecule has 0 aromatic heterocycles. The molecular weight excluding hydrogens is 226 g/mol. The Morgan fingerprint density at radius 3 is 2.82 bits per heavy atom. The molecule has 2 N–H and O–H groups in total. The highest BCUT2D eigenvalue weighted by Crippen LogP contribution is 2.37. The van der Waals surface area contributed by atoms with Crippen LogP contribution in [0.4, 0.5) is 0 Å².